The Morgan fingerprint density at radius 3 is 2.80 bits per heavy atom. The molecule has 5 heteroatoms. The van der Waals surface area contributed by atoms with Crippen molar-refractivity contribution >= 4 is 17.6 Å². The molecule has 0 radical (unpaired) electrons. The molecule has 3 N–H and O–H groups in total. The van der Waals surface area contributed by atoms with E-state index in [0.29, 0.717) is 12.0 Å². The molecule has 1 atom stereocenters. The molecule has 2 heterocycles. The number of anilines is 3. The maximum atomic E-state index is 5.80. The number of nitrogens with two attached hydrogens (primary N) is 1. The normalized spacial score (nSPS) is 18.2. The van der Waals surface area contributed by atoms with Crippen LogP contribution in [0.25, 0.3) is 0 Å². The van der Waals surface area contributed by atoms with Crippen molar-refractivity contribution in [3.8, 4) is 0 Å². The molecule has 3 rings (SSSR count). The Labute approximate surface area is 118 Å². The Balaban J connectivity index is 1.94. The van der Waals surface area contributed by atoms with E-state index in [4.69, 9.17) is 5.73 Å². The quantitative estimate of drug-likeness (QED) is 0.896. The Hall–Kier alpha value is -2.30. The van der Waals surface area contributed by atoms with Crippen LogP contribution >= 0.6 is 0 Å². The van der Waals surface area contributed by atoms with Crippen molar-refractivity contribution in [2.45, 2.75) is 18.9 Å². The van der Waals surface area contributed by atoms with E-state index < -0.39 is 0 Å². The second-order valence-corrected chi connectivity index (χ2v) is 4.98. The molecule has 1 aliphatic rings. The first-order valence-corrected chi connectivity index (χ1v) is 6.92. The molecule has 0 spiro atoms. The van der Waals surface area contributed by atoms with Crippen LogP contribution in [-0.4, -0.2) is 23.6 Å². The van der Waals surface area contributed by atoms with Crippen LogP contribution in [0.5, 0.6) is 0 Å². The monoisotopic (exact) mass is 269 g/mol. The van der Waals surface area contributed by atoms with E-state index in [1.54, 1.807) is 0 Å². The summed E-state index contributed by atoms with van der Waals surface area (Å²) in [7, 11) is 1.84. The van der Waals surface area contributed by atoms with Gasteiger partial charge in [0.25, 0.3) is 0 Å². The summed E-state index contributed by atoms with van der Waals surface area (Å²) in [5.41, 5.74) is 7.12. The Kier molecular flexibility index (Phi) is 3.41. The number of hydrogen-bond acceptors (Lipinski definition) is 5. The van der Waals surface area contributed by atoms with Gasteiger partial charge in [-0.05, 0) is 18.4 Å². The lowest BCUT2D eigenvalue weighted by Gasteiger charge is -2.26. The highest BCUT2D eigenvalue weighted by Crippen LogP contribution is 2.35. The van der Waals surface area contributed by atoms with E-state index in [9.17, 15) is 0 Å². The van der Waals surface area contributed by atoms with Crippen LogP contribution in [0.4, 0.5) is 17.6 Å². The lowest BCUT2D eigenvalue weighted by molar-refractivity contribution is 0.711. The largest absolute Gasteiger partial charge is 0.373 e. The first-order valence-electron chi connectivity index (χ1n) is 6.92. The number of nitrogens with zero attached hydrogens (tertiary/aromatic N) is 3. The summed E-state index contributed by atoms with van der Waals surface area (Å²) in [6.45, 7) is 0.999. The molecule has 1 aromatic carbocycles. The molecule has 2 aromatic rings. The van der Waals surface area contributed by atoms with Gasteiger partial charge in [-0.2, -0.15) is 9.97 Å². The molecule has 0 saturated carbocycles. The molecular weight excluding hydrogens is 250 g/mol. The summed E-state index contributed by atoms with van der Waals surface area (Å²) < 4.78 is 0. The minimum absolute atomic E-state index is 0.311. The van der Waals surface area contributed by atoms with Crippen LogP contribution in [0, 0.1) is 0 Å². The zero-order valence-corrected chi connectivity index (χ0v) is 11.6. The molecule has 1 aliphatic heterocycles. The minimum Gasteiger partial charge on any atom is -0.373 e. The van der Waals surface area contributed by atoms with Gasteiger partial charge in [-0.15, -0.1) is 0 Å². The van der Waals surface area contributed by atoms with Gasteiger partial charge in [0.1, 0.15) is 11.6 Å². The van der Waals surface area contributed by atoms with Crippen LogP contribution in [0.15, 0.2) is 36.4 Å². The van der Waals surface area contributed by atoms with Crippen LogP contribution in [-0.2, 0) is 0 Å². The molecule has 0 amide bonds. The molecule has 1 saturated heterocycles. The fourth-order valence-electron chi connectivity index (χ4n) is 2.79. The van der Waals surface area contributed by atoms with Crippen molar-refractivity contribution in [3.05, 3.63) is 42.0 Å². The van der Waals surface area contributed by atoms with Gasteiger partial charge in [-0.25, -0.2) is 0 Å². The molecule has 1 fully saturated rings. The average Bonchev–Trinajstić information content (AvgIpc) is 2.97. The minimum atomic E-state index is 0.311. The van der Waals surface area contributed by atoms with E-state index in [1.165, 1.54) is 12.0 Å². The molecule has 20 heavy (non-hydrogen) atoms. The van der Waals surface area contributed by atoms with Crippen LogP contribution < -0.4 is 16.0 Å². The standard InChI is InChI=1S/C15H19N5/c1-17-13-10-14(19-15(16)18-13)20-9-5-8-12(20)11-6-3-2-4-7-11/h2-4,6-7,10,12H,5,8-9H2,1H3,(H3,16,17,18,19). The second-order valence-electron chi connectivity index (χ2n) is 4.98. The number of aromatic nitrogens is 2. The smallest absolute Gasteiger partial charge is 0.223 e. The molecule has 0 bridgehead atoms. The fraction of sp³-hybridized carbons (Fsp3) is 0.333. The molecule has 1 aromatic heterocycles. The van der Waals surface area contributed by atoms with E-state index in [2.05, 4.69) is 44.5 Å². The van der Waals surface area contributed by atoms with Crippen LogP contribution in [0.2, 0.25) is 0 Å². The zero-order valence-electron chi connectivity index (χ0n) is 11.6. The Morgan fingerprint density at radius 2 is 2.05 bits per heavy atom. The van der Waals surface area contributed by atoms with E-state index in [-0.39, 0.29) is 0 Å². The third-order valence-electron chi connectivity index (χ3n) is 3.72. The summed E-state index contributed by atoms with van der Waals surface area (Å²) in [5, 5.41) is 3.03. The number of rotatable bonds is 3. The molecular formula is C15H19N5. The van der Waals surface area contributed by atoms with Gasteiger partial charge in [-0.1, -0.05) is 30.3 Å². The lowest BCUT2D eigenvalue weighted by atomic mass is 10.0. The van der Waals surface area contributed by atoms with Gasteiger partial charge in [-0.3, -0.25) is 0 Å². The third kappa shape index (κ3) is 2.39. The van der Waals surface area contributed by atoms with E-state index in [0.717, 1.165) is 24.6 Å². The van der Waals surface area contributed by atoms with Crippen LogP contribution in [0.1, 0.15) is 24.4 Å². The highest BCUT2D eigenvalue weighted by atomic mass is 15.3. The summed E-state index contributed by atoms with van der Waals surface area (Å²) in [6, 6.07) is 12.9. The third-order valence-corrected chi connectivity index (χ3v) is 3.72. The highest BCUT2D eigenvalue weighted by molar-refractivity contribution is 5.54. The number of nitrogens with one attached hydrogen (secondary N) is 1. The molecule has 5 nitrogen and oxygen atoms in total. The molecule has 104 valence electrons. The summed E-state index contributed by atoms with van der Waals surface area (Å²) in [4.78, 5) is 10.9. The van der Waals surface area contributed by atoms with Gasteiger partial charge in [0, 0.05) is 19.7 Å². The Morgan fingerprint density at radius 1 is 1.25 bits per heavy atom. The van der Waals surface area contributed by atoms with E-state index >= 15 is 0 Å². The van der Waals surface area contributed by atoms with Crippen molar-refractivity contribution in [1.82, 2.24) is 9.97 Å². The van der Waals surface area contributed by atoms with Gasteiger partial charge >= 0.3 is 0 Å². The maximum Gasteiger partial charge on any atom is 0.223 e. The number of nitrogen functional groups attached to an aromatic ring is 1. The first-order chi connectivity index (χ1) is 9.78. The van der Waals surface area contributed by atoms with Crippen LogP contribution in [0.3, 0.4) is 0 Å². The summed E-state index contributed by atoms with van der Waals surface area (Å²) in [5.74, 6) is 1.96. The topological polar surface area (TPSA) is 67.1 Å². The maximum absolute atomic E-state index is 5.80. The number of benzene rings is 1. The highest BCUT2D eigenvalue weighted by Gasteiger charge is 2.27. The van der Waals surface area contributed by atoms with Gasteiger partial charge in [0.2, 0.25) is 5.95 Å². The molecule has 0 aliphatic carbocycles. The lowest BCUT2D eigenvalue weighted by Crippen LogP contribution is -2.24. The van der Waals surface area contributed by atoms with Crippen molar-refractivity contribution in [3.63, 3.8) is 0 Å². The second kappa shape index (κ2) is 5.36. The average molecular weight is 269 g/mol. The van der Waals surface area contributed by atoms with Gasteiger partial charge in [0.05, 0.1) is 6.04 Å². The fourth-order valence-corrected chi connectivity index (χ4v) is 2.79. The SMILES string of the molecule is CNc1cc(N2CCCC2c2ccccc2)nc(N)n1. The first kappa shape index (κ1) is 12.7. The van der Waals surface area contributed by atoms with E-state index in [1.807, 2.05) is 19.2 Å². The van der Waals surface area contributed by atoms with Gasteiger partial charge in [0.15, 0.2) is 0 Å². The van der Waals surface area contributed by atoms with Crippen molar-refractivity contribution in [2.24, 2.45) is 0 Å². The zero-order chi connectivity index (χ0) is 13.9. The summed E-state index contributed by atoms with van der Waals surface area (Å²) >= 11 is 0. The predicted octanol–water partition coefficient (Wildman–Crippen LogP) is 2.44. The summed E-state index contributed by atoms with van der Waals surface area (Å²) in [6.07, 6.45) is 2.31. The molecule has 1 unspecified atom stereocenters. The van der Waals surface area contributed by atoms with Crippen molar-refractivity contribution < 1.29 is 0 Å². The Bertz CT molecular complexity index is 584. The predicted molar refractivity (Wildman–Crippen MR) is 81.8 cm³/mol. The number of hydrogen-bond donors (Lipinski definition) is 2. The van der Waals surface area contributed by atoms with Crippen molar-refractivity contribution in [2.75, 3.05) is 29.5 Å². The van der Waals surface area contributed by atoms with Crippen molar-refractivity contribution in [1.29, 1.82) is 0 Å². The van der Waals surface area contributed by atoms with Gasteiger partial charge < -0.3 is 16.0 Å².